The van der Waals surface area contributed by atoms with Crippen molar-refractivity contribution < 1.29 is 8.42 Å². The lowest BCUT2D eigenvalue weighted by Crippen LogP contribution is -2.22. The Morgan fingerprint density at radius 3 is 1.93 bits per heavy atom. The van der Waals surface area contributed by atoms with E-state index < -0.39 is 15.1 Å². The van der Waals surface area contributed by atoms with Crippen molar-refractivity contribution >= 4 is 27.1 Å². The molecule has 0 N–H and O–H groups in total. The smallest absolute Gasteiger partial charge is 0.185 e. The van der Waals surface area contributed by atoms with Crippen molar-refractivity contribution in [1.82, 2.24) is 15.0 Å². The van der Waals surface area contributed by atoms with Crippen molar-refractivity contribution in [2.45, 2.75) is 16.6 Å². The maximum Gasteiger partial charge on any atom is 0.185 e. The lowest BCUT2D eigenvalue weighted by molar-refractivity contribution is 0.587. The number of aromatic nitrogens is 3. The van der Waals surface area contributed by atoms with Gasteiger partial charge in [-0.25, -0.2) is 8.42 Å². The standard InChI is InChI=1S/C22H19N3O2S/c26-28(27,19-11-5-2-6-12-19)20(17-18-9-3-1-4-10-18)15-16-25-23-21-13-7-8-14-22(21)24-25/h1-16,20H,17H2/b16-15+. The van der Waals surface area contributed by atoms with Crippen molar-refractivity contribution in [1.29, 1.82) is 0 Å². The third-order valence-corrected chi connectivity index (χ3v) is 6.54. The fraction of sp³-hybridized carbons (Fsp3) is 0.0909. The molecular formula is C22H19N3O2S. The van der Waals surface area contributed by atoms with Gasteiger partial charge in [0.1, 0.15) is 11.0 Å². The summed E-state index contributed by atoms with van der Waals surface area (Å²) in [7, 11) is -3.56. The van der Waals surface area contributed by atoms with Crippen LogP contribution in [0.4, 0.5) is 0 Å². The molecule has 1 unspecified atom stereocenters. The molecule has 0 aliphatic heterocycles. The summed E-state index contributed by atoms with van der Waals surface area (Å²) in [5.41, 5.74) is 2.48. The normalized spacial score (nSPS) is 13.1. The number of fused-ring (bicyclic) bond motifs is 1. The van der Waals surface area contributed by atoms with Gasteiger partial charge in [-0.05, 0) is 42.3 Å². The first-order valence-electron chi connectivity index (χ1n) is 8.96. The lowest BCUT2D eigenvalue weighted by Gasteiger charge is -2.14. The Labute approximate surface area is 163 Å². The zero-order valence-corrected chi connectivity index (χ0v) is 15.9. The monoisotopic (exact) mass is 389 g/mol. The van der Waals surface area contributed by atoms with Crippen LogP contribution in [0.5, 0.6) is 0 Å². The number of rotatable bonds is 6. The van der Waals surface area contributed by atoms with E-state index in [0.717, 1.165) is 16.6 Å². The molecule has 0 radical (unpaired) electrons. The summed E-state index contributed by atoms with van der Waals surface area (Å²) in [6, 6.07) is 25.7. The van der Waals surface area contributed by atoms with E-state index in [-0.39, 0.29) is 0 Å². The molecule has 4 aromatic rings. The van der Waals surface area contributed by atoms with E-state index in [4.69, 9.17) is 0 Å². The van der Waals surface area contributed by atoms with Crippen LogP contribution < -0.4 is 0 Å². The Kier molecular flexibility index (Phi) is 5.04. The third-order valence-electron chi connectivity index (χ3n) is 4.49. The van der Waals surface area contributed by atoms with Gasteiger partial charge >= 0.3 is 0 Å². The molecule has 0 saturated heterocycles. The Morgan fingerprint density at radius 1 is 0.786 bits per heavy atom. The summed E-state index contributed by atoms with van der Waals surface area (Å²) < 4.78 is 26.5. The molecule has 4 rings (SSSR count). The minimum atomic E-state index is -3.56. The number of nitrogens with zero attached hydrogens (tertiary/aromatic N) is 3. The van der Waals surface area contributed by atoms with E-state index in [1.54, 1.807) is 42.6 Å². The molecule has 5 nitrogen and oxygen atoms in total. The van der Waals surface area contributed by atoms with Crippen molar-refractivity contribution in [2.24, 2.45) is 0 Å². The van der Waals surface area contributed by atoms with Crippen LogP contribution in [0.15, 0.2) is 95.9 Å². The molecule has 6 heteroatoms. The fourth-order valence-corrected chi connectivity index (χ4v) is 4.60. The third kappa shape index (κ3) is 3.87. The van der Waals surface area contributed by atoms with Gasteiger partial charge in [0, 0.05) is 6.20 Å². The van der Waals surface area contributed by atoms with Gasteiger partial charge in [0.15, 0.2) is 9.84 Å². The highest BCUT2D eigenvalue weighted by Crippen LogP contribution is 2.21. The minimum Gasteiger partial charge on any atom is -0.223 e. The van der Waals surface area contributed by atoms with Gasteiger partial charge in [-0.3, -0.25) is 0 Å². The zero-order valence-electron chi connectivity index (χ0n) is 15.1. The van der Waals surface area contributed by atoms with Crippen LogP contribution in [-0.2, 0) is 16.3 Å². The van der Waals surface area contributed by atoms with Crippen LogP contribution in [0.2, 0.25) is 0 Å². The highest BCUT2D eigenvalue weighted by Gasteiger charge is 2.25. The van der Waals surface area contributed by atoms with Gasteiger partial charge in [-0.15, -0.1) is 10.2 Å². The molecule has 0 bridgehead atoms. The molecule has 0 aliphatic carbocycles. The first kappa shape index (κ1) is 18.1. The highest BCUT2D eigenvalue weighted by molar-refractivity contribution is 7.92. The molecule has 140 valence electrons. The second-order valence-corrected chi connectivity index (χ2v) is 8.60. The van der Waals surface area contributed by atoms with Crippen LogP contribution in [-0.4, -0.2) is 28.7 Å². The average Bonchev–Trinajstić information content (AvgIpc) is 3.15. The van der Waals surface area contributed by atoms with E-state index in [0.29, 0.717) is 11.3 Å². The quantitative estimate of drug-likeness (QED) is 0.500. The molecule has 3 aromatic carbocycles. The Morgan fingerprint density at radius 2 is 1.32 bits per heavy atom. The van der Waals surface area contributed by atoms with E-state index in [1.807, 2.05) is 54.6 Å². The first-order chi connectivity index (χ1) is 13.6. The van der Waals surface area contributed by atoms with Gasteiger partial charge < -0.3 is 0 Å². The zero-order chi connectivity index (χ0) is 19.4. The first-order valence-corrected chi connectivity index (χ1v) is 10.5. The number of sulfone groups is 1. The summed E-state index contributed by atoms with van der Waals surface area (Å²) in [6.07, 6.45) is 3.65. The molecule has 28 heavy (non-hydrogen) atoms. The molecule has 0 aliphatic rings. The molecule has 0 saturated carbocycles. The number of hydrogen-bond donors (Lipinski definition) is 0. The molecule has 1 atom stereocenters. The largest absolute Gasteiger partial charge is 0.223 e. The molecule has 0 amide bonds. The van der Waals surface area contributed by atoms with Gasteiger partial charge in [0.2, 0.25) is 0 Å². The van der Waals surface area contributed by atoms with Crippen molar-refractivity contribution in [3.8, 4) is 0 Å². The van der Waals surface area contributed by atoms with Gasteiger partial charge in [0.25, 0.3) is 0 Å². The van der Waals surface area contributed by atoms with Crippen LogP contribution in [0.1, 0.15) is 5.56 Å². The molecule has 0 spiro atoms. The Hall–Kier alpha value is -3.25. The summed E-state index contributed by atoms with van der Waals surface area (Å²) in [4.78, 5) is 1.72. The fourth-order valence-electron chi connectivity index (χ4n) is 3.03. The maximum absolute atomic E-state index is 13.2. The van der Waals surface area contributed by atoms with Crippen molar-refractivity contribution in [3.05, 3.63) is 96.6 Å². The average molecular weight is 389 g/mol. The Bertz CT molecular complexity index is 1170. The Balaban J connectivity index is 1.70. The SMILES string of the molecule is O=S(=O)(c1ccccc1)C(/C=C/n1nc2ccccc2n1)Cc1ccccc1. The van der Waals surface area contributed by atoms with Crippen LogP contribution >= 0.6 is 0 Å². The van der Waals surface area contributed by atoms with E-state index >= 15 is 0 Å². The summed E-state index contributed by atoms with van der Waals surface area (Å²) in [5.74, 6) is 0. The molecule has 0 fully saturated rings. The predicted octanol–water partition coefficient (Wildman–Crippen LogP) is 3.99. The molecular weight excluding hydrogens is 370 g/mol. The summed E-state index contributed by atoms with van der Waals surface area (Å²) >= 11 is 0. The molecule has 1 heterocycles. The van der Waals surface area contributed by atoms with E-state index in [9.17, 15) is 8.42 Å². The number of benzene rings is 3. The topological polar surface area (TPSA) is 64.8 Å². The van der Waals surface area contributed by atoms with Crippen LogP contribution in [0.3, 0.4) is 0 Å². The van der Waals surface area contributed by atoms with E-state index in [1.165, 1.54) is 4.80 Å². The second-order valence-electron chi connectivity index (χ2n) is 6.44. The van der Waals surface area contributed by atoms with Gasteiger partial charge in [-0.2, -0.15) is 4.80 Å². The second kappa shape index (κ2) is 7.78. The van der Waals surface area contributed by atoms with Crippen molar-refractivity contribution in [2.75, 3.05) is 0 Å². The summed E-state index contributed by atoms with van der Waals surface area (Å²) in [6.45, 7) is 0. The minimum absolute atomic E-state index is 0.305. The van der Waals surface area contributed by atoms with Gasteiger partial charge in [0.05, 0.1) is 10.1 Å². The van der Waals surface area contributed by atoms with Crippen molar-refractivity contribution in [3.63, 3.8) is 0 Å². The predicted molar refractivity (Wildman–Crippen MR) is 110 cm³/mol. The van der Waals surface area contributed by atoms with Crippen LogP contribution in [0.25, 0.3) is 17.2 Å². The number of hydrogen-bond acceptors (Lipinski definition) is 4. The summed E-state index contributed by atoms with van der Waals surface area (Å²) in [5, 5.41) is 8.01. The van der Waals surface area contributed by atoms with E-state index in [2.05, 4.69) is 10.2 Å². The van der Waals surface area contributed by atoms with Crippen LogP contribution in [0, 0.1) is 0 Å². The highest BCUT2D eigenvalue weighted by atomic mass is 32.2. The molecule has 1 aromatic heterocycles. The van der Waals surface area contributed by atoms with Gasteiger partial charge in [-0.1, -0.05) is 60.7 Å². The lowest BCUT2D eigenvalue weighted by atomic mass is 10.1. The maximum atomic E-state index is 13.2.